The predicted octanol–water partition coefficient (Wildman–Crippen LogP) is 2.03. The highest BCUT2D eigenvalue weighted by Gasteiger charge is 2.19. The van der Waals surface area contributed by atoms with Crippen LogP contribution in [0.25, 0.3) is 5.52 Å². The Labute approximate surface area is 77.4 Å². The molecule has 0 aliphatic carbocycles. The first-order chi connectivity index (χ1) is 6.09. The highest BCUT2D eigenvalue weighted by molar-refractivity contribution is 5.44. The van der Waals surface area contributed by atoms with Crippen molar-refractivity contribution in [2.24, 2.45) is 0 Å². The number of rotatable bonds is 0. The van der Waals surface area contributed by atoms with E-state index in [1.54, 1.807) is 6.20 Å². The van der Waals surface area contributed by atoms with E-state index in [0.29, 0.717) is 0 Å². The normalized spacial score (nSPS) is 12.2. The molecule has 0 unspecified atom stereocenters. The van der Waals surface area contributed by atoms with Crippen molar-refractivity contribution in [3.05, 3.63) is 30.4 Å². The van der Waals surface area contributed by atoms with E-state index in [-0.39, 0.29) is 5.41 Å². The van der Waals surface area contributed by atoms with Gasteiger partial charge < -0.3 is 0 Å². The van der Waals surface area contributed by atoms with Crippen molar-refractivity contribution in [3.63, 3.8) is 0 Å². The molecule has 0 aliphatic heterocycles. The van der Waals surface area contributed by atoms with Crippen LogP contribution in [0, 0.1) is 0 Å². The number of hydrogen-bond acceptors (Lipinski definition) is 2. The minimum atomic E-state index is 0.0424. The van der Waals surface area contributed by atoms with Crippen LogP contribution in [0.3, 0.4) is 0 Å². The van der Waals surface area contributed by atoms with Crippen molar-refractivity contribution in [1.82, 2.24) is 14.6 Å². The zero-order chi connectivity index (χ0) is 9.47. The summed E-state index contributed by atoms with van der Waals surface area (Å²) < 4.78 is 1.89. The summed E-state index contributed by atoms with van der Waals surface area (Å²) in [5, 5.41) is 4.26. The van der Waals surface area contributed by atoms with E-state index in [1.807, 2.05) is 22.8 Å². The molecule has 0 aromatic carbocycles. The largest absolute Gasteiger partial charge is 0.239 e. The summed E-state index contributed by atoms with van der Waals surface area (Å²) in [6.07, 6.45) is 3.64. The van der Waals surface area contributed by atoms with Gasteiger partial charge in [-0.3, -0.25) is 0 Å². The third-order valence-corrected chi connectivity index (χ3v) is 1.97. The van der Waals surface area contributed by atoms with E-state index in [0.717, 1.165) is 11.3 Å². The topological polar surface area (TPSA) is 30.2 Å². The molecule has 0 bridgehead atoms. The fourth-order valence-corrected chi connectivity index (χ4v) is 1.35. The highest BCUT2D eigenvalue weighted by atomic mass is 15.3. The minimum Gasteiger partial charge on any atom is -0.239 e. The van der Waals surface area contributed by atoms with E-state index in [4.69, 9.17) is 0 Å². The minimum absolute atomic E-state index is 0.0424. The third-order valence-electron chi connectivity index (χ3n) is 1.97. The summed E-state index contributed by atoms with van der Waals surface area (Å²) in [7, 11) is 0. The highest BCUT2D eigenvalue weighted by Crippen LogP contribution is 2.20. The molecule has 0 N–H and O–H groups in total. The summed E-state index contributed by atoms with van der Waals surface area (Å²) in [5.41, 5.74) is 1.09. The molecule has 0 fully saturated rings. The lowest BCUT2D eigenvalue weighted by molar-refractivity contribution is 0.530. The van der Waals surface area contributed by atoms with Gasteiger partial charge in [-0.25, -0.2) is 9.50 Å². The van der Waals surface area contributed by atoms with Gasteiger partial charge >= 0.3 is 0 Å². The third kappa shape index (κ3) is 1.30. The molecule has 0 radical (unpaired) electrons. The predicted molar refractivity (Wildman–Crippen MR) is 51.7 cm³/mol. The van der Waals surface area contributed by atoms with Gasteiger partial charge in [0.05, 0.1) is 11.7 Å². The molecule has 2 aromatic rings. The molecule has 2 heterocycles. The average Bonchev–Trinajstić information content (AvgIpc) is 2.45. The van der Waals surface area contributed by atoms with Gasteiger partial charge in [-0.05, 0) is 12.1 Å². The van der Waals surface area contributed by atoms with Gasteiger partial charge in [0.25, 0.3) is 0 Å². The zero-order valence-electron chi connectivity index (χ0n) is 8.15. The fraction of sp³-hybridized carbons (Fsp3) is 0.400. The molecule has 0 saturated carbocycles. The van der Waals surface area contributed by atoms with Gasteiger partial charge in [0, 0.05) is 11.6 Å². The summed E-state index contributed by atoms with van der Waals surface area (Å²) >= 11 is 0. The quantitative estimate of drug-likeness (QED) is 0.613. The Hall–Kier alpha value is -1.38. The number of hydrogen-bond donors (Lipinski definition) is 0. The van der Waals surface area contributed by atoms with E-state index in [1.165, 1.54) is 0 Å². The van der Waals surface area contributed by atoms with Crippen LogP contribution < -0.4 is 0 Å². The molecule has 0 spiro atoms. The second kappa shape index (κ2) is 2.55. The van der Waals surface area contributed by atoms with E-state index in [9.17, 15) is 0 Å². The van der Waals surface area contributed by atoms with Crippen LogP contribution in [-0.2, 0) is 5.41 Å². The SMILES string of the molecule is CC(C)(C)c1ncc2cccnn12. The summed E-state index contributed by atoms with van der Waals surface area (Å²) in [4.78, 5) is 4.37. The van der Waals surface area contributed by atoms with Crippen molar-refractivity contribution < 1.29 is 0 Å². The molecular weight excluding hydrogens is 162 g/mol. The van der Waals surface area contributed by atoms with Gasteiger partial charge in [-0.2, -0.15) is 5.10 Å². The molecule has 0 saturated heterocycles. The number of nitrogens with zero attached hydrogens (tertiary/aromatic N) is 3. The number of fused-ring (bicyclic) bond motifs is 1. The summed E-state index contributed by atoms with van der Waals surface area (Å²) in [6, 6.07) is 3.93. The van der Waals surface area contributed by atoms with E-state index >= 15 is 0 Å². The molecule has 0 atom stereocenters. The Balaban J connectivity index is 2.72. The number of imidazole rings is 1. The first-order valence-corrected chi connectivity index (χ1v) is 4.38. The van der Waals surface area contributed by atoms with E-state index in [2.05, 4.69) is 30.9 Å². The lowest BCUT2D eigenvalue weighted by Crippen LogP contribution is -2.16. The van der Waals surface area contributed by atoms with Gasteiger partial charge in [0.1, 0.15) is 5.82 Å². The van der Waals surface area contributed by atoms with Crippen LogP contribution in [0.15, 0.2) is 24.5 Å². The summed E-state index contributed by atoms with van der Waals surface area (Å²) in [6.45, 7) is 6.41. The van der Waals surface area contributed by atoms with Crippen molar-refractivity contribution in [2.45, 2.75) is 26.2 Å². The first-order valence-electron chi connectivity index (χ1n) is 4.38. The maximum absolute atomic E-state index is 4.37. The molecule has 3 nitrogen and oxygen atoms in total. The Morgan fingerprint density at radius 2 is 2.08 bits per heavy atom. The van der Waals surface area contributed by atoms with Gasteiger partial charge in [0.2, 0.25) is 0 Å². The van der Waals surface area contributed by atoms with Crippen LogP contribution in [0.4, 0.5) is 0 Å². The van der Waals surface area contributed by atoms with Crippen molar-refractivity contribution >= 4 is 5.52 Å². The lowest BCUT2D eigenvalue weighted by atomic mass is 9.96. The Morgan fingerprint density at radius 1 is 1.31 bits per heavy atom. The van der Waals surface area contributed by atoms with Crippen LogP contribution in [0.2, 0.25) is 0 Å². The Morgan fingerprint density at radius 3 is 2.77 bits per heavy atom. The molecule has 0 aliphatic rings. The maximum atomic E-state index is 4.37. The van der Waals surface area contributed by atoms with Crippen LogP contribution in [0.1, 0.15) is 26.6 Å². The van der Waals surface area contributed by atoms with Gasteiger partial charge in [0.15, 0.2) is 0 Å². The second-order valence-electron chi connectivity index (χ2n) is 4.19. The maximum Gasteiger partial charge on any atom is 0.135 e. The molecule has 13 heavy (non-hydrogen) atoms. The molecule has 2 rings (SSSR count). The standard InChI is InChI=1S/C10H13N3/c1-10(2,3)9-11-7-8-5-4-6-12-13(8)9/h4-7H,1-3H3. The first kappa shape index (κ1) is 8.23. The molecule has 68 valence electrons. The molecule has 0 amide bonds. The average molecular weight is 175 g/mol. The second-order valence-corrected chi connectivity index (χ2v) is 4.19. The van der Waals surface area contributed by atoms with E-state index < -0.39 is 0 Å². The lowest BCUT2D eigenvalue weighted by Gasteiger charge is -2.15. The van der Waals surface area contributed by atoms with Crippen LogP contribution in [0.5, 0.6) is 0 Å². The van der Waals surface area contributed by atoms with Crippen molar-refractivity contribution in [3.8, 4) is 0 Å². The summed E-state index contributed by atoms with van der Waals surface area (Å²) in [5.74, 6) is 1.00. The van der Waals surface area contributed by atoms with Gasteiger partial charge in [-0.15, -0.1) is 0 Å². The Bertz CT molecular complexity index is 423. The zero-order valence-corrected chi connectivity index (χ0v) is 8.15. The monoisotopic (exact) mass is 175 g/mol. The number of aromatic nitrogens is 3. The fourth-order valence-electron chi connectivity index (χ4n) is 1.35. The smallest absolute Gasteiger partial charge is 0.135 e. The Kier molecular flexibility index (Phi) is 1.62. The van der Waals surface area contributed by atoms with Crippen LogP contribution in [-0.4, -0.2) is 14.6 Å². The molecule has 3 heteroatoms. The van der Waals surface area contributed by atoms with Crippen molar-refractivity contribution in [1.29, 1.82) is 0 Å². The molecular formula is C10H13N3. The molecule has 2 aromatic heterocycles. The van der Waals surface area contributed by atoms with Gasteiger partial charge in [-0.1, -0.05) is 20.8 Å². The van der Waals surface area contributed by atoms with Crippen LogP contribution >= 0.6 is 0 Å². The van der Waals surface area contributed by atoms with Crippen molar-refractivity contribution in [2.75, 3.05) is 0 Å².